The first-order valence-electron chi connectivity index (χ1n) is 6.55. The highest BCUT2D eigenvalue weighted by atomic mass is 19.4. The number of nitrogens with one attached hydrogen (secondary N) is 2. The van der Waals surface area contributed by atoms with Crippen LogP contribution in [0.4, 0.5) is 32.0 Å². The lowest BCUT2D eigenvalue weighted by atomic mass is 10.1. The van der Waals surface area contributed by atoms with E-state index in [2.05, 4.69) is 30.7 Å². The number of methoxy groups -OCH3 is 1. The second-order valence-electron chi connectivity index (χ2n) is 4.65. The van der Waals surface area contributed by atoms with Crippen LogP contribution in [0.2, 0.25) is 0 Å². The average molecular weight is 378 g/mol. The van der Waals surface area contributed by atoms with Gasteiger partial charge in [0.15, 0.2) is 0 Å². The van der Waals surface area contributed by atoms with Gasteiger partial charge in [0.1, 0.15) is 17.4 Å². The monoisotopic (exact) mass is 378 g/mol. The van der Waals surface area contributed by atoms with E-state index in [0.29, 0.717) is 6.07 Å². The molecule has 0 aliphatic heterocycles. The van der Waals surface area contributed by atoms with Gasteiger partial charge < -0.3 is 10.1 Å². The number of anilines is 1. The van der Waals surface area contributed by atoms with Crippen molar-refractivity contribution >= 4 is 11.3 Å². The molecule has 0 amide bonds. The minimum atomic E-state index is -5.12. The number of nitrogens with zero attached hydrogens (tertiary/aromatic N) is 4. The first-order valence-corrected chi connectivity index (χ1v) is 6.55. The van der Waals surface area contributed by atoms with Crippen LogP contribution < -0.4 is 10.1 Å². The molecule has 0 aliphatic rings. The Labute approximate surface area is 141 Å². The van der Waals surface area contributed by atoms with Crippen molar-refractivity contribution in [2.45, 2.75) is 12.4 Å². The normalized spacial score (nSPS) is 12.6. The Morgan fingerprint density at radius 2 is 1.92 bits per heavy atom. The Hall–Kier alpha value is -3.30. The van der Waals surface area contributed by atoms with Gasteiger partial charge in [0.2, 0.25) is 5.82 Å². The topological polar surface area (TPSA) is 99.5 Å². The summed E-state index contributed by atoms with van der Waals surface area (Å²) >= 11 is 0. The van der Waals surface area contributed by atoms with Crippen molar-refractivity contribution in [2.75, 3.05) is 12.4 Å². The zero-order valence-electron chi connectivity index (χ0n) is 12.7. The Morgan fingerprint density at radius 3 is 2.38 bits per heavy atom. The Balaban J connectivity index is 2.58. The number of hydrogen-bond donors (Lipinski definition) is 2. The maximum Gasteiger partial charge on any atom is 0.418 e. The second kappa shape index (κ2) is 6.90. The quantitative estimate of drug-likeness (QED) is 0.626. The third-order valence-corrected chi connectivity index (χ3v) is 3.02. The molecule has 13 heteroatoms. The van der Waals surface area contributed by atoms with E-state index in [1.165, 1.54) is 0 Å². The fraction of sp³-hybridized carbons (Fsp3) is 0.231. The van der Waals surface area contributed by atoms with E-state index in [1.54, 1.807) is 6.07 Å². The summed E-state index contributed by atoms with van der Waals surface area (Å²) in [5.41, 5.74) is -4.27. The molecule has 0 saturated carbocycles. The molecule has 0 aliphatic carbocycles. The number of halogens is 6. The van der Waals surface area contributed by atoms with Crippen LogP contribution in [0.5, 0.6) is 5.75 Å². The SMILES string of the molecule is COc1cc(C(F)(F)F)cc(C(F)(F)F)c1NC=C(C#N)c1nn[nH]n1. The molecule has 0 unspecified atom stereocenters. The molecule has 2 rings (SSSR count). The summed E-state index contributed by atoms with van der Waals surface area (Å²) in [5.74, 6) is -0.937. The number of allylic oxidation sites excluding steroid dienone is 1. The van der Waals surface area contributed by atoms with Gasteiger partial charge in [-0.15, -0.1) is 10.2 Å². The minimum absolute atomic E-state index is 0.0565. The maximum atomic E-state index is 13.2. The number of H-pyrrole nitrogens is 1. The van der Waals surface area contributed by atoms with E-state index in [1.807, 2.05) is 0 Å². The number of tetrazole rings is 1. The summed E-state index contributed by atoms with van der Waals surface area (Å²) in [6.07, 6.45) is -9.33. The molecular weight excluding hydrogens is 370 g/mol. The van der Waals surface area contributed by atoms with E-state index in [9.17, 15) is 26.3 Å². The van der Waals surface area contributed by atoms with Gasteiger partial charge in [0.05, 0.1) is 23.9 Å². The summed E-state index contributed by atoms with van der Waals surface area (Å²) in [6, 6.07) is 1.97. The summed E-state index contributed by atoms with van der Waals surface area (Å²) < 4.78 is 82.8. The zero-order valence-corrected chi connectivity index (χ0v) is 12.7. The molecule has 1 aromatic heterocycles. The third-order valence-electron chi connectivity index (χ3n) is 3.02. The molecule has 0 bridgehead atoms. The Morgan fingerprint density at radius 1 is 1.23 bits per heavy atom. The van der Waals surface area contributed by atoms with Gasteiger partial charge in [0, 0.05) is 6.20 Å². The van der Waals surface area contributed by atoms with Gasteiger partial charge in [0.25, 0.3) is 0 Å². The first kappa shape index (κ1) is 19.0. The number of hydrogen-bond acceptors (Lipinski definition) is 6. The van der Waals surface area contributed by atoms with Gasteiger partial charge >= 0.3 is 12.4 Å². The number of aromatic nitrogens is 4. The molecule has 26 heavy (non-hydrogen) atoms. The molecule has 2 aromatic rings. The van der Waals surface area contributed by atoms with Crippen molar-refractivity contribution in [3.05, 3.63) is 35.3 Å². The molecule has 1 heterocycles. The van der Waals surface area contributed by atoms with E-state index < -0.39 is 34.9 Å². The number of nitriles is 1. The third kappa shape index (κ3) is 4.02. The maximum absolute atomic E-state index is 13.2. The highest BCUT2D eigenvalue weighted by Gasteiger charge is 2.40. The van der Waals surface area contributed by atoms with Crippen molar-refractivity contribution in [2.24, 2.45) is 0 Å². The summed E-state index contributed by atoms with van der Waals surface area (Å²) in [6.45, 7) is 0. The minimum Gasteiger partial charge on any atom is -0.495 e. The zero-order chi connectivity index (χ0) is 19.5. The molecule has 2 N–H and O–H groups in total. The molecule has 0 fully saturated rings. The fourth-order valence-corrected chi connectivity index (χ4v) is 1.88. The van der Waals surface area contributed by atoms with Gasteiger partial charge in [-0.05, 0) is 17.3 Å². The van der Waals surface area contributed by atoms with Crippen molar-refractivity contribution in [1.29, 1.82) is 5.26 Å². The first-order chi connectivity index (χ1) is 12.1. The highest BCUT2D eigenvalue weighted by Crippen LogP contribution is 2.44. The highest BCUT2D eigenvalue weighted by molar-refractivity contribution is 5.76. The van der Waals surface area contributed by atoms with Crippen molar-refractivity contribution in [3.63, 3.8) is 0 Å². The predicted molar refractivity (Wildman–Crippen MR) is 74.4 cm³/mol. The lowest BCUT2D eigenvalue weighted by Crippen LogP contribution is -2.14. The van der Waals surface area contributed by atoms with Gasteiger partial charge in [-0.2, -0.15) is 36.8 Å². The molecule has 0 saturated heterocycles. The summed E-state index contributed by atoms with van der Waals surface area (Å²) in [5, 5.41) is 23.3. The van der Waals surface area contributed by atoms with E-state index in [0.717, 1.165) is 13.3 Å². The molecule has 138 valence electrons. The molecular formula is C13H8F6N6O. The van der Waals surface area contributed by atoms with Crippen LogP contribution in [0.25, 0.3) is 5.57 Å². The van der Waals surface area contributed by atoms with Crippen LogP contribution in [0, 0.1) is 11.3 Å². The number of benzene rings is 1. The van der Waals surface area contributed by atoms with Gasteiger partial charge in [-0.25, -0.2) is 0 Å². The summed E-state index contributed by atoms with van der Waals surface area (Å²) in [4.78, 5) is 0. The number of rotatable bonds is 4. The van der Waals surface area contributed by atoms with Crippen molar-refractivity contribution in [3.8, 4) is 11.8 Å². The average Bonchev–Trinajstić information content (AvgIpc) is 3.07. The van der Waals surface area contributed by atoms with Gasteiger partial charge in [-0.1, -0.05) is 0 Å². The summed E-state index contributed by atoms with van der Waals surface area (Å²) in [7, 11) is 0.912. The molecule has 7 nitrogen and oxygen atoms in total. The number of alkyl halides is 6. The second-order valence-corrected chi connectivity index (χ2v) is 4.65. The van der Waals surface area contributed by atoms with Crippen LogP contribution in [0.3, 0.4) is 0 Å². The smallest absolute Gasteiger partial charge is 0.418 e. The molecule has 1 aromatic carbocycles. The predicted octanol–water partition coefficient (Wildman–Crippen LogP) is 3.22. The number of aromatic amines is 1. The van der Waals surface area contributed by atoms with Crippen LogP contribution in [-0.2, 0) is 12.4 Å². The van der Waals surface area contributed by atoms with E-state index in [4.69, 9.17) is 5.26 Å². The largest absolute Gasteiger partial charge is 0.495 e. The van der Waals surface area contributed by atoms with Crippen LogP contribution in [0.1, 0.15) is 17.0 Å². The number of ether oxygens (including phenoxy) is 1. The van der Waals surface area contributed by atoms with Crippen LogP contribution in [0.15, 0.2) is 18.3 Å². The molecule has 0 spiro atoms. The standard InChI is InChI=1S/C13H8F6N6O/c1-26-9-3-7(12(14,15)16)2-8(13(17,18)19)10(9)21-5-6(4-20)11-22-24-25-23-11/h2-3,5,21H,1H3,(H,22,23,24,25). The van der Waals surface area contributed by atoms with Gasteiger partial charge in [-0.3, -0.25) is 0 Å². The van der Waals surface area contributed by atoms with Crippen molar-refractivity contribution < 1.29 is 31.1 Å². The van der Waals surface area contributed by atoms with E-state index >= 15 is 0 Å². The van der Waals surface area contributed by atoms with Crippen LogP contribution in [-0.4, -0.2) is 27.7 Å². The van der Waals surface area contributed by atoms with Crippen LogP contribution >= 0.6 is 0 Å². The molecule has 0 radical (unpaired) electrons. The molecule has 0 atom stereocenters. The fourth-order valence-electron chi connectivity index (χ4n) is 1.88. The van der Waals surface area contributed by atoms with Crippen molar-refractivity contribution in [1.82, 2.24) is 20.6 Å². The lowest BCUT2D eigenvalue weighted by molar-refractivity contribution is -0.142. The Kier molecular flexibility index (Phi) is 5.05. The lowest BCUT2D eigenvalue weighted by Gasteiger charge is -2.19. The van der Waals surface area contributed by atoms with E-state index in [-0.39, 0.29) is 17.5 Å². The Bertz CT molecular complexity index is 850.